The number of sulfonamides is 1. The van der Waals surface area contributed by atoms with E-state index in [2.05, 4.69) is 0 Å². The Balaban J connectivity index is 1.88. The van der Waals surface area contributed by atoms with E-state index in [1.54, 1.807) is 24.5 Å². The zero-order chi connectivity index (χ0) is 14.8. The maximum atomic E-state index is 12.3. The third-order valence-corrected chi connectivity index (χ3v) is 4.95. The van der Waals surface area contributed by atoms with Crippen LogP contribution in [0.15, 0.2) is 23.0 Å². The van der Waals surface area contributed by atoms with Crippen LogP contribution in [0, 0.1) is 5.92 Å². The van der Waals surface area contributed by atoms with Gasteiger partial charge in [-0.3, -0.25) is 4.79 Å². The number of nitrogens with zero attached hydrogens (tertiary/aromatic N) is 2. The van der Waals surface area contributed by atoms with Crippen LogP contribution in [0.25, 0.3) is 0 Å². The first-order chi connectivity index (χ1) is 9.38. The highest BCUT2D eigenvalue weighted by atomic mass is 32.2. The standard InChI is InChI=1S/C13H20N2O4S/c1-14(9-11-5-8-19-10-11)13(16)12-3-6-15(7-4-12)20(2,17)18/h5,8,10,12H,3-4,6-7,9H2,1-2H3. The van der Waals surface area contributed by atoms with Gasteiger partial charge in [0, 0.05) is 38.2 Å². The largest absolute Gasteiger partial charge is 0.472 e. The Bertz CT molecular complexity index is 545. The first-order valence-electron chi connectivity index (χ1n) is 6.59. The fraction of sp³-hybridized carbons (Fsp3) is 0.615. The average Bonchev–Trinajstić information content (AvgIpc) is 2.90. The molecule has 0 N–H and O–H groups in total. The third kappa shape index (κ3) is 3.61. The van der Waals surface area contributed by atoms with E-state index in [9.17, 15) is 13.2 Å². The molecular weight excluding hydrogens is 280 g/mol. The number of furan rings is 1. The van der Waals surface area contributed by atoms with E-state index in [0.717, 1.165) is 5.56 Å². The van der Waals surface area contributed by atoms with Crippen molar-refractivity contribution in [2.45, 2.75) is 19.4 Å². The molecule has 0 aromatic carbocycles. The monoisotopic (exact) mass is 300 g/mol. The highest BCUT2D eigenvalue weighted by Crippen LogP contribution is 2.21. The van der Waals surface area contributed by atoms with Crippen LogP contribution in [-0.4, -0.2) is 49.9 Å². The Morgan fingerprint density at radius 2 is 2.10 bits per heavy atom. The fourth-order valence-corrected chi connectivity index (χ4v) is 3.35. The predicted molar refractivity (Wildman–Crippen MR) is 74.3 cm³/mol. The maximum Gasteiger partial charge on any atom is 0.225 e. The first kappa shape index (κ1) is 15.1. The summed E-state index contributed by atoms with van der Waals surface area (Å²) in [5.74, 6) is -0.0238. The lowest BCUT2D eigenvalue weighted by Crippen LogP contribution is -2.42. The summed E-state index contributed by atoms with van der Waals surface area (Å²) >= 11 is 0. The molecule has 0 atom stereocenters. The van der Waals surface area contributed by atoms with Crippen LogP contribution in [0.2, 0.25) is 0 Å². The second-order valence-corrected chi connectivity index (χ2v) is 7.24. The van der Waals surface area contributed by atoms with Gasteiger partial charge < -0.3 is 9.32 Å². The van der Waals surface area contributed by atoms with E-state index in [0.29, 0.717) is 32.5 Å². The molecule has 0 spiro atoms. The number of piperidine rings is 1. The summed E-state index contributed by atoms with van der Waals surface area (Å²) in [6, 6.07) is 1.83. The summed E-state index contributed by atoms with van der Waals surface area (Å²) in [7, 11) is -1.38. The highest BCUT2D eigenvalue weighted by molar-refractivity contribution is 7.88. The lowest BCUT2D eigenvalue weighted by molar-refractivity contribution is -0.135. The van der Waals surface area contributed by atoms with Gasteiger partial charge in [-0.05, 0) is 18.9 Å². The van der Waals surface area contributed by atoms with Crippen molar-refractivity contribution in [3.63, 3.8) is 0 Å². The van der Waals surface area contributed by atoms with E-state index in [1.165, 1.54) is 10.6 Å². The molecule has 1 saturated heterocycles. The minimum Gasteiger partial charge on any atom is -0.472 e. The van der Waals surface area contributed by atoms with Gasteiger partial charge in [0.05, 0.1) is 18.8 Å². The lowest BCUT2D eigenvalue weighted by Gasteiger charge is -2.31. The molecule has 0 saturated carbocycles. The van der Waals surface area contributed by atoms with Crippen LogP contribution < -0.4 is 0 Å². The molecule has 0 aliphatic carbocycles. The SMILES string of the molecule is CN(Cc1ccoc1)C(=O)C1CCN(S(C)(=O)=O)CC1. The average molecular weight is 300 g/mol. The van der Waals surface area contributed by atoms with Gasteiger partial charge in [-0.2, -0.15) is 0 Å². The van der Waals surface area contributed by atoms with Crippen molar-refractivity contribution in [2.24, 2.45) is 5.92 Å². The molecule has 1 aromatic rings. The van der Waals surface area contributed by atoms with Gasteiger partial charge in [0.25, 0.3) is 0 Å². The Morgan fingerprint density at radius 3 is 2.60 bits per heavy atom. The number of carbonyl (C=O) groups is 1. The molecular formula is C13H20N2O4S. The number of hydrogen-bond donors (Lipinski definition) is 0. The second-order valence-electron chi connectivity index (χ2n) is 5.26. The van der Waals surface area contributed by atoms with E-state index >= 15 is 0 Å². The molecule has 1 fully saturated rings. The summed E-state index contributed by atoms with van der Waals surface area (Å²) < 4.78 is 29.3. The van der Waals surface area contributed by atoms with E-state index in [1.807, 2.05) is 6.07 Å². The molecule has 0 radical (unpaired) electrons. The first-order valence-corrected chi connectivity index (χ1v) is 8.44. The molecule has 2 rings (SSSR count). The van der Waals surface area contributed by atoms with Gasteiger partial charge in [-0.25, -0.2) is 12.7 Å². The molecule has 6 nitrogen and oxygen atoms in total. The van der Waals surface area contributed by atoms with E-state index < -0.39 is 10.0 Å². The van der Waals surface area contributed by atoms with Crippen LogP contribution in [-0.2, 0) is 21.4 Å². The van der Waals surface area contributed by atoms with Crippen LogP contribution >= 0.6 is 0 Å². The minimum atomic E-state index is -3.14. The number of amides is 1. The van der Waals surface area contributed by atoms with Gasteiger partial charge in [0.15, 0.2) is 0 Å². The number of rotatable bonds is 4. The maximum absolute atomic E-state index is 12.3. The molecule has 7 heteroatoms. The van der Waals surface area contributed by atoms with E-state index in [-0.39, 0.29) is 11.8 Å². The van der Waals surface area contributed by atoms with Gasteiger partial charge in [-0.15, -0.1) is 0 Å². The zero-order valence-electron chi connectivity index (χ0n) is 11.8. The summed E-state index contributed by atoms with van der Waals surface area (Å²) in [6.45, 7) is 1.37. The van der Waals surface area contributed by atoms with Crippen molar-refractivity contribution >= 4 is 15.9 Å². The topological polar surface area (TPSA) is 70.8 Å². The van der Waals surface area contributed by atoms with Crippen LogP contribution in [0.5, 0.6) is 0 Å². The number of carbonyl (C=O) groups excluding carboxylic acids is 1. The van der Waals surface area contributed by atoms with Crippen LogP contribution in [0.1, 0.15) is 18.4 Å². The van der Waals surface area contributed by atoms with E-state index in [4.69, 9.17) is 4.42 Å². The Kier molecular flexibility index (Phi) is 4.49. The molecule has 2 heterocycles. The Labute approximate surface area is 119 Å². The molecule has 1 aliphatic rings. The Hall–Kier alpha value is -1.34. The van der Waals surface area contributed by atoms with Gasteiger partial charge in [0.1, 0.15) is 0 Å². The van der Waals surface area contributed by atoms with Gasteiger partial charge >= 0.3 is 0 Å². The zero-order valence-corrected chi connectivity index (χ0v) is 12.6. The Morgan fingerprint density at radius 1 is 1.45 bits per heavy atom. The highest BCUT2D eigenvalue weighted by Gasteiger charge is 2.30. The molecule has 20 heavy (non-hydrogen) atoms. The van der Waals surface area contributed by atoms with Crippen molar-refractivity contribution in [2.75, 3.05) is 26.4 Å². The summed E-state index contributed by atoms with van der Waals surface area (Å²) in [5, 5.41) is 0. The van der Waals surface area contributed by atoms with Crippen molar-refractivity contribution < 1.29 is 17.6 Å². The fourth-order valence-electron chi connectivity index (χ4n) is 2.48. The minimum absolute atomic E-state index is 0.0688. The molecule has 1 amide bonds. The molecule has 0 bridgehead atoms. The number of hydrogen-bond acceptors (Lipinski definition) is 4. The molecule has 112 valence electrons. The third-order valence-electron chi connectivity index (χ3n) is 3.65. The quantitative estimate of drug-likeness (QED) is 0.828. The van der Waals surface area contributed by atoms with Crippen LogP contribution in [0.3, 0.4) is 0 Å². The molecule has 1 aliphatic heterocycles. The summed E-state index contributed by atoms with van der Waals surface area (Å²) in [6.07, 6.45) is 5.58. The normalized spacial score (nSPS) is 18.1. The molecule has 0 unspecified atom stereocenters. The predicted octanol–water partition coefficient (Wildman–Crippen LogP) is 0.910. The van der Waals surface area contributed by atoms with Crippen molar-refractivity contribution in [1.82, 2.24) is 9.21 Å². The van der Waals surface area contributed by atoms with Crippen LogP contribution in [0.4, 0.5) is 0 Å². The van der Waals surface area contributed by atoms with Gasteiger partial charge in [-0.1, -0.05) is 0 Å². The molecule has 1 aromatic heterocycles. The smallest absolute Gasteiger partial charge is 0.225 e. The van der Waals surface area contributed by atoms with Crippen molar-refractivity contribution in [1.29, 1.82) is 0 Å². The summed E-state index contributed by atoms with van der Waals surface area (Å²) in [5.41, 5.74) is 0.953. The lowest BCUT2D eigenvalue weighted by atomic mass is 9.96. The summed E-state index contributed by atoms with van der Waals surface area (Å²) in [4.78, 5) is 14.0. The second kappa shape index (κ2) is 5.97. The van der Waals surface area contributed by atoms with Gasteiger partial charge in [0.2, 0.25) is 15.9 Å². The van der Waals surface area contributed by atoms with Crippen molar-refractivity contribution in [3.8, 4) is 0 Å². The van der Waals surface area contributed by atoms with Crippen molar-refractivity contribution in [3.05, 3.63) is 24.2 Å².